The standard InChI is InChI=1S/C14H12ClN/c1-2-9-3-5-11-12-8-10(15)4-6-13(12)16-14(11)7-9/h3-8,16H,2H2,1H3. The van der Waals surface area contributed by atoms with Crippen LogP contribution in [0.5, 0.6) is 0 Å². The minimum Gasteiger partial charge on any atom is -0.355 e. The van der Waals surface area contributed by atoms with Crippen LogP contribution in [-0.4, -0.2) is 4.98 Å². The number of fused-ring (bicyclic) bond motifs is 3. The molecule has 0 radical (unpaired) electrons. The van der Waals surface area contributed by atoms with Gasteiger partial charge < -0.3 is 4.98 Å². The largest absolute Gasteiger partial charge is 0.355 e. The molecule has 16 heavy (non-hydrogen) atoms. The van der Waals surface area contributed by atoms with Gasteiger partial charge in [-0.05, 0) is 36.2 Å². The fourth-order valence-electron chi connectivity index (χ4n) is 2.14. The lowest BCUT2D eigenvalue weighted by Gasteiger charge is -1.96. The van der Waals surface area contributed by atoms with Crippen molar-refractivity contribution in [2.24, 2.45) is 0 Å². The lowest BCUT2D eigenvalue weighted by atomic mass is 10.1. The summed E-state index contributed by atoms with van der Waals surface area (Å²) in [6, 6.07) is 12.5. The molecule has 0 aliphatic heterocycles. The molecule has 0 atom stereocenters. The first-order valence-electron chi connectivity index (χ1n) is 5.48. The van der Waals surface area contributed by atoms with Crippen LogP contribution in [0.15, 0.2) is 36.4 Å². The highest BCUT2D eigenvalue weighted by atomic mass is 35.5. The van der Waals surface area contributed by atoms with Crippen molar-refractivity contribution in [3.8, 4) is 0 Å². The van der Waals surface area contributed by atoms with Gasteiger partial charge in [-0.3, -0.25) is 0 Å². The summed E-state index contributed by atoms with van der Waals surface area (Å²) in [7, 11) is 0. The van der Waals surface area contributed by atoms with Crippen molar-refractivity contribution in [1.29, 1.82) is 0 Å². The quantitative estimate of drug-likeness (QED) is 0.631. The van der Waals surface area contributed by atoms with E-state index >= 15 is 0 Å². The second-order valence-electron chi connectivity index (χ2n) is 4.05. The Labute approximate surface area is 99.0 Å². The van der Waals surface area contributed by atoms with Gasteiger partial charge in [0.05, 0.1) is 0 Å². The topological polar surface area (TPSA) is 15.8 Å². The van der Waals surface area contributed by atoms with Crippen LogP contribution in [0, 0.1) is 0 Å². The number of aromatic amines is 1. The highest BCUT2D eigenvalue weighted by molar-refractivity contribution is 6.31. The molecule has 0 bridgehead atoms. The zero-order chi connectivity index (χ0) is 11.1. The van der Waals surface area contributed by atoms with Crippen molar-refractivity contribution in [3.05, 3.63) is 47.0 Å². The number of hydrogen-bond acceptors (Lipinski definition) is 0. The highest BCUT2D eigenvalue weighted by Crippen LogP contribution is 2.28. The van der Waals surface area contributed by atoms with Crippen LogP contribution >= 0.6 is 11.6 Å². The summed E-state index contributed by atoms with van der Waals surface area (Å²) in [4.78, 5) is 3.42. The Morgan fingerprint density at radius 3 is 2.69 bits per heavy atom. The van der Waals surface area contributed by atoms with Crippen LogP contribution in [-0.2, 0) is 6.42 Å². The third-order valence-electron chi connectivity index (χ3n) is 3.03. The van der Waals surface area contributed by atoms with Crippen molar-refractivity contribution < 1.29 is 0 Å². The van der Waals surface area contributed by atoms with Gasteiger partial charge in [0.1, 0.15) is 0 Å². The van der Waals surface area contributed by atoms with Crippen LogP contribution in [0.4, 0.5) is 0 Å². The normalized spacial score (nSPS) is 11.4. The van der Waals surface area contributed by atoms with E-state index in [1.165, 1.54) is 21.9 Å². The molecule has 0 unspecified atom stereocenters. The second-order valence-corrected chi connectivity index (χ2v) is 4.48. The number of nitrogens with one attached hydrogen (secondary N) is 1. The number of rotatable bonds is 1. The molecule has 1 heterocycles. The molecule has 0 fully saturated rings. The van der Waals surface area contributed by atoms with E-state index in [9.17, 15) is 0 Å². The van der Waals surface area contributed by atoms with E-state index in [0.29, 0.717) is 0 Å². The molecule has 0 aliphatic rings. The van der Waals surface area contributed by atoms with E-state index in [1.54, 1.807) is 0 Å². The van der Waals surface area contributed by atoms with Crippen molar-refractivity contribution in [2.75, 3.05) is 0 Å². The summed E-state index contributed by atoms with van der Waals surface area (Å²) in [5.41, 5.74) is 3.69. The molecule has 0 saturated heterocycles. The summed E-state index contributed by atoms with van der Waals surface area (Å²) in [5, 5.41) is 3.23. The summed E-state index contributed by atoms with van der Waals surface area (Å²) in [5.74, 6) is 0. The van der Waals surface area contributed by atoms with E-state index < -0.39 is 0 Å². The number of benzene rings is 2. The third kappa shape index (κ3) is 1.40. The van der Waals surface area contributed by atoms with Gasteiger partial charge in [-0.15, -0.1) is 0 Å². The molecule has 0 saturated carbocycles. The Bertz CT molecular complexity index is 667. The van der Waals surface area contributed by atoms with Gasteiger partial charge in [0.2, 0.25) is 0 Å². The average molecular weight is 230 g/mol. The Hall–Kier alpha value is -1.47. The molecule has 1 aromatic heterocycles. The van der Waals surface area contributed by atoms with Crippen molar-refractivity contribution in [3.63, 3.8) is 0 Å². The SMILES string of the molecule is CCc1ccc2c(c1)[nH]c1ccc(Cl)cc12. The second kappa shape index (κ2) is 3.53. The Morgan fingerprint density at radius 2 is 1.88 bits per heavy atom. The van der Waals surface area contributed by atoms with E-state index in [-0.39, 0.29) is 0 Å². The lowest BCUT2D eigenvalue weighted by molar-refractivity contribution is 1.14. The van der Waals surface area contributed by atoms with Crippen LogP contribution in [0.3, 0.4) is 0 Å². The zero-order valence-electron chi connectivity index (χ0n) is 9.05. The fraction of sp³-hybridized carbons (Fsp3) is 0.143. The van der Waals surface area contributed by atoms with E-state index in [1.807, 2.05) is 18.2 Å². The average Bonchev–Trinajstić information content (AvgIpc) is 2.66. The van der Waals surface area contributed by atoms with Crippen molar-refractivity contribution in [1.82, 2.24) is 4.98 Å². The van der Waals surface area contributed by atoms with Gasteiger partial charge in [0, 0.05) is 26.8 Å². The van der Waals surface area contributed by atoms with E-state index in [0.717, 1.165) is 17.0 Å². The molecule has 2 heteroatoms. The molecule has 0 amide bonds. The zero-order valence-corrected chi connectivity index (χ0v) is 9.81. The van der Waals surface area contributed by atoms with Gasteiger partial charge in [0.25, 0.3) is 0 Å². The van der Waals surface area contributed by atoms with Crippen molar-refractivity contribution >= 4 is 33.4 Å². The van der Waals surface area contributed by atoms with Crippen LogP contribution in [0.2, 0.25) is 5.02 Å². The molecule has 1 nitrogen and oxygen atoms in total. The Balaban J connectivity index is 2.41. The predicted molar refractivity (Wildman–Crippen MR) is 70.2 cm³/mol. The molecule has 3 aromatic rings. The number of hydrogen-bond donors (Lipinski definition) is 1. The van der Waals surface area contributed by atoms with Gasteiger partial charge in [0.15, 0.2) is 0 Å². The minimum absolute atomic E-state index is 0.785. The number of aromatic nitrogens is 1. The van der Waals surface area contributed by atoms with Gasteiger partial charge in [-0.25, -0.2) is 0 Å². The molecule has 80 valence electrons. The minimum atomic E-state index is 0.785. The summed E-state index contributed by atoms with van der Waals surface area (Å²) < 4.78 is 0. The fourth-order valence-corrected chi connectivity index (χ4v) is 2.32. The molecule has 2 aromatic carbocycles. The number of H-pyrrole nitrogens is 1. The van der Waals surface area contributed by atoms with Crippen LogP contribution < -0.4 is 0 Å². The van der Waals surface area contributed by atoms with E-state index in [2.05, 4.69) is 30.1 Å². The Morgan fingerprint density at radius 1 is 1.00 bits per heavy atom. The van der Waals surface area contributed by atoms with Gasteiger partial charge in [-0.1, -0.05) is 30.7 Å². The summed E-state index contributed by atoms with van der Waals surface area (Å²) >= 11 is 6.02. The molecule has 1 N–H and O–H groups in total. The third-order valence-corrected chi connectivity index (χ3v) is 3.27. The first kappa shape index (κ1) is 9.73. The first-order chi connectivity index (χ1) is 7.78. The van der Waals surface area contributed by atoms with Gasteiger partial charge >= 0.3 is 0 Å². The predicted octanol–water partition coefficient (Wildman–Crippen LogP) is 4.54. The first-order valence-corrected chi connectivity index (χ1v) is 5.85. The van der Waals surface area contributed by atoms with Gasteiger partial charge in [-0.2, -0.15) is 0 Å². The summed E-state index contributed by atoms with van der Waals surface area (Å²) in [6.45, 7) is 2.17. The smallest absolute Gasteiger partial charge is 0.0467 e. The molecule has 0 spiro atoms. The summed E-state index contributed by atoms with van der Waals surface area (Å²) in [6.07, 6.45) is 1.06. The number of aryl methyl sites for hydroxylation is 1. The monoisotopic (exact) mass is 229 g/mol. The van der Waals surface area contributed by atoms with Crippen molar-refractivity contribution in [2.45, 2.75) is 13.3 Å². The Kier molecular flexibility index (Phi) is 2.15. The van der Waals surface area contributed by atoms with Crippen LogP contribution in [0.25, 0.3) is 21.8 Å². The number of halogens is 1. The maximum Gasteiger partial charge on any atom is 0.0467 e. The maximum atomic E-state index is 6.02. The molecule has 3 rings (SSSR count). The molecular formula is C14H12ClN. The molecular weight excluding hydrogens is 218 g/mol. The van der Waals surface area contributed by atoms with E-state index in [4.69, 9.17) is 11.6 Å². The maximum absolute atomic E-state index is 6.02. The highest BCUT2D eigenvalue weighted by Gasteiger charge is 2.04. The lowest BCUT2D eigenvalue weighted by Crippen LogP contribution is -1.78. The molecule has 0 aliphatic carbocycles. The van der Waals surface area contributed by atoms with Crippen LogP contribution in [0.1, 0.15) is 12.5 Å².